The zero-order chi connectivity index (χ0) is 13.8. The van der Waals surface area contributed by atoms with Crippen LogP contribution in [0.2, 0.25) is 0 Å². The van der Waals surface area contributed by atoms with Crippen LogP contribution in [0, 0.1) is 0 Å². The van der Waals surface area contributed by atoms with E-state index in [4.69, 9.17) is 10.5 Å². The first kappa shape index (κ1) is 13.3. The SMILES string of the molecule is COc1ccc2c(C(=O)O)cc(CCCN)nc2c1. The van der Waals surface area contributed by atoms with Gasteiger partial charge in [0.25, 0.3) is 0 Å². The lowest BCUT2D eigenvalue weighted by Gasteiger charge is -2.08. The number of carboxylic acid groups (broad SMARTS) is 1. The average Bonchev–Trinajstić information content (AvgIpc) is 2.43. The number of nitrogens with two attached hydrogens (primary N) is 1. The van der Waals surface area contributed by atoms with Crippen LogP contribution >= 0.6 is 0 Å². The van der Waals surface area contributed by atoms with Crippen molar-refractivity contribution in [3.05, 3.63) is 35.5 Å². The van der Waals surface area contributed by atoms with E-state index < -0.39 is 5.97 Å². The van der Waals surface area contributed by atoms with Gasteiger partial charge in [0.05, 0.1) is 18.2 Å². The lowest BCUT2D eigenvalue weighted by molar-refractivity contribution is 0.0699. The van der Waals surface area contributed by atoms with E-state index in [1.54, 1.807) is 31.4 Å². The maximum Gasteiger partial charge on any atom is 0.336 e. The third kappa shape index (κ3) is 2.82. The topological polar surface area (TPSA) is 85.4 Å². The van der Waals surface area contributed by atoms with Gasteiger partial charge in [-0.3, -0.25) is 4.98 Å². The first-order valence-corrected chi connectivity index (χ1v) is 6.06. The Morgan fingerprint density at radius 2 is 2.21 bits per heavy atom. The third-order valence-electron chi connectivity index (χ3n) is 2.94. The van der Waals surface area contributed by atoms with Gasteiger partial charge in [0.15, 0.2) is 0 Å². The number of aryl methyl sites for hydroxylation is 1. The molecule has 1 heterocycles. The molecule has 0 fully saturated rings. The Labute approximate surface area is 111 Å². The molecule has 0 saturated heterocycles. The number of pyridine rings is 1. The van der Waals surface area contributed by atoms with E-state index in [0.29, 0.717) is 29.6 Å². The molecule has 0 bridgehead atoms. The van der Waals surface area contributed by atoms with E-state index >= 15 is 0 Å². The number of ether oxygens (including phenoxy) is 1. The molecule has 0 unspecified atom stereocenters. The number of hydrogen-bond donors (Lipinski definition) is 2. The summed E-state index contributed by atoms with van der Waals surface area (Å²) < 4.78 is 5.14. The number of hydrogen-bond acceptors (Lipinski definition) is 4. The molecule has 0 radical (unpaired) electrons. The van der Waals surface area contributed by atoms with Crippen molar-refractivity contribution in [1.29, 1.82) is 0 Å². The van der Waals surface area contributed by atoms with Gasteiger partial charge in [0, 0.05) is 17.1 Å². The second kappa shape index (κ2) is 5.67. The summed E-state index contributed by atoms with van der Waals surface area (Å²) in [6.45, 7) is 0.556. The molecule has 2 rings (SSSR count). The maximum absolute atomic E-state index is 11.3. The lowest BCUT2D eigenvalue weighted by atomic mass is 10.1. The van der Waals surface area contributed by atoms with Gasteiger partial charge in [-0.05, 0) is 37.6 Å². The fraction of sp³-hybridized carbons (Fsp3) is 0.286. The Morgan fingerprint density at radius 3 is 2.84 bits per heavy atom. The molecule has 0 atom stereocenters. The number of nitrogens with zero attached hydrogens (tertiary/aromatic N) is 1. The van der Waals surface area contributed by atoms with Crippen molar-refractivity contribution < 1.29 is 14.6 Å². The standard InChI is InChI=1S/C14H16N2O3/c1-19-10-4-5-11-12(14(17)18)7-9(3-2-6-15)16-13(11)8-10/h4-5,7-8H,2-3,6,15H2,1H3,(H,17,18). The minimum Gasteiger partial charge on any atom is -0.497 e. The van der Waals surface area contributed by atoms with Gasteiger partial charge in [-0.25, -0.2) is 4.79 Å². The van der Waals surface area contributed by atoms with Crippen molar-refractivity contribution >= 4 is 16.9 Å². The van der Waals surface area contributed by atoms with Crippen LogP contribution < -0.4 is 10.5 Å². The Balaban J connectivity index is 2.58. The first-order valence-electron chi connectivity index (χ1n) is 6.06. The van der Waals surface area contributed by atoms with Gasteiger partial charge in [-0.1, -0.05) is 0 Å². The molecule has 0 amide bonds. The zero-order valence-corrected chi connectivity index (χ0v) is 10.7. The summed E-state index contributed by atoms with van der Waals surface area (Å²) in [6.07, 6.45) is 1.45. The molecule has 0 aliphatic carbocycles. The van der Waals surface area contributed by atoms with Crippen LogP contribution in [0.15, 0.2) is 24.3 Å². The smallest absolute Gasteiger partial charge is 0.336 e. The van der Waals surface area contributed by atoms with Crippen LogP contribution in [-0.2, 0) is 6.42 Å². The molecule has 19 heavy (non-hydrogen) atoms. The van der Waals surface area contributed by atoms with Crippen molar-refractivity contribution in [2.75, 3.05) is 13.7 Å². The quantitative estimate of drug-likeness (QED) is 0.856. The van der Waals surface area contributed by atoms with E-state index in [2.05, 4.69) is 4.98 Å². The highest BCUT2D eigenvalue weighted by molar-refractivity contribution is 6.02. The van der Waals surface area contributed by atoms with Crippen molar-refractivity contribution in [3.63, 3.8) is 0 Å². The van der Waals surface area contributed by atoms with Crippen LogP contribution in [0.3, 0.4) is 0 Å². The van der Waals surface area contributed by atoms with E-state index in [-0.39, 0.29) is 5.56 Å². The predicted octanol–water partition coefficient (Wildman–Crippen LogP) is 1.83. The maximum atomic E-state index is 11.3. The van der Waals surface area contributed by atoms with Crippen molar-refractivity contribution in [2.24, 2.45) is 5.73 Å². The number of aromatic carboxylic acids is 1. The minimum atomic E-state index is -0.952. The molecule has 1 aromatic heterocycles. The second-order valence-corrected chi connectivity index (χ2v) is 4.24. The molecular formula is C14H16N2O3. The predicted molar refractivity (Wildman–Crippen MR) is 72.6 cm³/mol. The normalized spacial score (nSPS) is 10.6. The Bertz CT molecular complexity index is 611. The molecule has 100 valence electrons. The lowest BCUT2D eigenvalue weighted by Crippen LogP contribution is -2.05. The summed E-state index contributed by atoms with van der Waals surface area (Å²) >= 11 is 0. The summed E-state index contributed by atoms with van der Waals surface area (Å²) in [6, 6.07) is 6.81. The number of rotatable bonds is 5. The molecule has 1 aromatic carbocycles. The number of carboxylic acids is 1. The monoisotopic (exact) mass is 260 g/mol. The Morgan fingerprint density at radius 1 is 1.42 bits per heavy atom. The molecule has 0 aliphatic heterocycles. The van der Waals surface area contributed by atoms with Crippen LogP contribution in [0.4, 0.5) is 0 Å². The van der Waals surface area contributed by atoms with Crippen molar-refractivity contribution in [2.45, 2.75) is 12.8 Å². The largest absolute Gasteiger partial charge is 0.497 e. The van der Waals surface area contributed by atoms with Crippen LogP contribution in [-0.4, -0.2) is 29.7 Å². The highest BCUT2D eigenvalue weighted by atomic mass is 16.5. The molecule has 0 spiro atoms. The third-order valence-corrected chi connectivity index (χ3v) is 2.94. The Hall–Kier alpha value is -2.14. The number of aromatic nitrogens is 1. The highest BCUT2D eigenvalue weighted by Gasteiger charge is 2.12. The van der Waals surface area contributed by atoms with Gasteiger partial charge < -0.3 is 15.6 Å². The van der Waals surface area contributed by atoms with Crippen LogP contribution in [0.1, 0.15) is 22.5 Å². The van der Waals surface area contributed by atoms with E-state index in [1.165, 1.54) is 0 Å². The molecule has 2 aromatic rings. The van der Waals surface area contributed by atoms with Crippen LogP contribution in [0.5, 0.6) is 5.75 Å². The second-order valence-electron chi connectivity index (χ2n) is 4.24. The fourth-order valence-electron chi connectivity index (χ4n) is 1.98. The number of benzene rings is 1. The van der Waals surface area contributed by atoms with E-state index in [0.717, 1.165) is 12.1 Å². The molecule has 5 heteroatoms. The molecule has 3 N–H and O–H groups in total. The van der Waals surface area contributed by atoms with Gasteiger partial charge in [-0.2, -0.15) is 0 Å². The summed E-state index contributed by atoms with van der Waals surface area (Å²) in [7, 11) is 1.57. The van der Waals surface area contributed by atoms with Gasteiger partial charge in [-0.15, -0.1) is 0 Å². The number of carbonyl (C=O) groups is 1. The van der Waals surface area contributed by atoms with Crippen molar-refractivity contribution in [3.8, 4) is 5.75 Å². The molecule has 5 nitrogen and oxygen atoms in total. The molecular weight excluding hydrogens is 244 g/mol. The summed E-state index contributed by atoms with van der Waals surface area (Å²) in [4.78, 5) is 15.8. The highest BCUT2D eigenvalue weighted by Crippen LogP contribution is 2.23. The zero-order valence-electron chi connectivity index (χ0n) is 10.7. The van der Waals surface area contributed by atoms with Crippen molar-refractivity contribution in [1.82, 2.24) is 4.98 Å². The van der Waals surface area contributed by atoms with Gasteiger partial charge in [0.2, 0.25) is 0 Å². The number of methoxy groups -OCH3 is 1. The van der Waals surface area contributed by atoms with E-state index in [9.17, 15) is 9.90 Å². The summed E-state index contributed by atoms with van der Waals surface area (Å²) in [5, 5.41) is 9.89. The van der Waals surface area contributed by atoms with E-state index in [1.807, 2.05) is 0 Å². The first-order chi connectivity index (χ1) is 9.15. The minimum absolute atomic E-state index is 0.264. The number of fused-ring (bicyclic) bond motifs is 1. The summed E-state index contributed by atoms with van der Waals surface area (Å²) in [5.41, 5.74) is 7.10. The molecule has 0 aliphatic rings. The average molecular weight is 260 g/mol. The van der Waals surface area contributed by atoms with Gasteiger partial charge in [0.1, 0.15) is 5.75 Å². The Kier molecular flexibility index (Phi) is 3.97. The van der Waals surface area contributed by atoms with Crippen LogP contribution in [0.25, 0.3) is 10.9 Å². The summed E-state index contributed by atoms with van der Waals surface area (Å²) in [5.74, 6) is -0.293. The molecule has 0 saturated carbocycles. The fourth-order valence-corrected chi connectivity index (χ4v) is 1.98. The van der Waals surface area contributed by atoms with Gasteiger partial charge >= 0.3 is 5.97 Å².